The molecule has 1 aromatic heterocycles. The molecule has 0 amide bonds. The molecule has 1 aliphatic rings. The van der Waals surface area contributed by atoms with Crippen LogP contribution in [0.15, 0.2) is 39.5 Å². The van der Waals surface area contributed by atoms with E-state index in [-0.39, 0.29) is 16.9 Å². The number of carbonyl (C=O) groups is 1. The van der Waals surface area contributed by atoms with E-state index in [1.54, 1.807) is 0 Å². The summed E-state index contributed by atoms with van der Waals surface area (Å²) in [6, 6.07) is 5.32. The maximum atomic E-state index is 13.4. The third-order valence-electron chi connectivity index (χ3n) is 5.51. The molecule has 0 radical (unpaired) electrons. The molecule has 1 fully saturated rings. The SMILES string of the molecule is CC(=O)OCC1O[C@@H](Oc2c(-c3ccc(O)c(O)c3)oc3cc(O)cc(O)c3c2=O)C(O)[C@H](O)[C@@H]1O. The highest BCUT2D eigenvalue weighted by Crippen LogP contribution is 2.39. The molecule has 7 N–H and O–H groups in total. The number of aliphatic hydroxyl groups excluding tert-OH is 3. The van der Waals surface area contributed by atoms with E-state index < -0.39 is 82.8 Å². The van der Waals surface area contributed by atoms with Gasteiger partial charge in [-0.25, -0.2) is 0 Å². The predicted molar refractivity (Wildman–Crippen MR) is 119 cm³/mol. The van der Waals surface area contributed by atoms with Gasteiger partial charge < -0.3 is 54.4 Å². The van der Waals surface area contributed by atoms with E-state index in [0.717, 1.165) is 31.2 Å². The summed E-state index contributed by atoms with van der Waals surface area (Å²) in [7, 11) is 0. The van der Waals surface area contributed by atoms with Crippen molar-refractivity contribution in [2.45, 2.75) is 37.6 Å². The lowest BCUT2D eigenvalue weighted by Gasteiger charge is -2.39. The fourth-order valence-electron chi connectivity index (χ4n) is 3.70. The molecule has 0 spiro atoms. The standard InChI is InChI=1S/C23H22O13/c1-8(24)33-7-15-17(29)19(31)20(32)23(35-15)36-22-18(30)16-13(28)5-10(25)6-14(16)34-21(22)9-2-3-11(26)12(27)4-9/h2-6,15,17,19-20,23,25-29,31-32H,7H2,1H3/t15?,17-,19-,20?,23+/m1/s1. The number of ether oxygens (including phenoxy) is 3. The van der Waals surface area contributed by atoms with E-state index in [9.17, 15) is 45.3 Å². The summed E-state index contributed by atoms with van der Waals surface area (Å²) in [5, 5.41) is 70.1. The van der Waals surface area contributed by atoms with Crippen molar-refractivity contribution in [1.82, 2.24) is 0 Å². The Bertz CT molecular complexity index is 1360. The van der Waals surface area contributed by atoms with Crippen LogP contribution in [0.2, 0.25) is 0 Å². The van der Waals surface area contributed by atoms with Crippen molar-refractivity contribution in [2.24, 2.45) is 0 Å². The van der Waals surface area contributed by atoms with Crippen molar-refractivity contribution in [2.75, 3.05) is 6.61 Å². The Kier molecular flexibility index (Phi) is 6.65. The van der Waals surface area contributed by atoms with Crippen LogP contribution < -0.4 is 10.2 Å². The summed E-state index contributed by atoms with van der Waals surface area (Å²) < 4.78 is 21.5. The molecule has 4 rings (SSSR count). The summed E-state index contributed by atoms with van der Waals surface area (Å²) in [5.74, 6) is -3.84. The van der Waals surface area contributed by atoms with Gasteiger partial charge in [0, 0.05) is 24.6 Å². The highest BCUT2D eigenvalue weighted by molar-refractivity contribution is 5.88. The zero-order chi connectivity index (χ0) is 26.3. The minimum absolute atomic E-state index is 0.00415. The third kappa shape index (κ3) is 4.59. The molecular weight excluding hydrogens is 484 g/mol. The molecule has 13 nitrogen and oxygen atoms in total. The molecule has 1 aliphatic heterocycles. The fraction of sp³-hybridized carbons (Fsp3) is 0.304. The van der Waals surface area contributed by atoms with Crippen LogP contribution in [-0.4, -0.2) is 79.0 Å². The van der Waals surface area contributed by atoms with Crippen LogP contribution in [0.25, 0.3) is 22.3 Å². The summed E-state index contributed by atoms with van der Waals surface area (Å²) in [6.07, 6.45) is -8.54. The number of aliphatic hydroxyl groups is 3. The Hall–Kier alpha value is -4.04. The van der Waals surface area contributed by atoms with Gasteiger partial charge in [0.25, 0.3) is 0 Å². The Morgan fingerprint density at radius 2 is 1.67 bits per heavy atom. The number of phenols is 4. The zero-order valence-corrected chi connectivity index (χ0v) is 18.6. The molecule has 13 heteroatoms. The molecule has 0 saturated carbocycles. The molecule has 36 heavy (non-hydrogen) atoms. The average molecular weight is 506 g/mol. The largest absolute Gasteiger partial charge is 0.508 e. The van der Waals surface area contributed by atoms with Crippen LogP contribution in [-0.2, 0) is 14.3 Å². The van der Waals surface area contributed by atoms with Gasteiger partial charge in [-0.3, -0.25) is 9.59 Å². The van der Waals surface area contributed by atoms with Gasteiger partial charge in [-0.1, -0.05) is 0 Å². The Morgan fingerprint density at radius 1 is 0.944 bits per heavy atom. The molecule has 1 saturated heterocycles. The van der Waals surface area contributed by atoms with Crippen LogP contribution in [0.5, 0.6) is 28.7 Å². The molecule has 192 valence electrons. The van der Waals surface area contributed by atoms with Crippen LogP contribution in [0.1, 0.15) is 6.92 Å². The summed E-state index contributed by atoms with van der Waals surface area (Å²) in [5.41, 5.74) is -1.24. The number of esters is 1. The molecule has 2 aromatic carbocycles. The van der Waals surface area contributed by atoms with Crippen LogP contribution in [0.4, 0.5) is 0 Å². The van der Waals surface area contributed by atoms with Crippen LogP contribution >= 0.6 is 0 Å². The molecule has 3 aromatic rings. The van der Waals surface area contributed by atoms with Crippen molar-refractivity contribution >= 4 is 16.9 Å². The van der Waals surface area contributed by atoms with E-state index in [4.69, 9.17) is 18.6 Å². The van der Waals surface area contributed by atoms with Gasteiger partial charge >= 0.3 is 5.97 Å². The van der Waals surface area contributed by atoms with Gasteiger partial charge in [-0.2, -0.15) is 0 Å². The molecule has 2 unspecified atom stereocenters. The summed E-state index contributed by atoms with van der Waals surface area (Å²) in [6.45, 7) is 0.601. The first-order valence-corrected chi connectivity index (χ1v) is 10.5. The number of phenolic OH excluding ortho intramolecular Hbond substituents is 4. The van der Waals surface area contributed by atoms with Gasteiger partial charge in [0.05, 0.1) is 0 Å². The lowest BCUT2D eigenvalue weighted by molar-refractivity contribution is -0.278. The first-order valence-electron chi connectivity index (χ1n) is 10.5. The number of hydrogen-bond donors (Lipinski definition) is 7. The average Bonchev–Trinajstić information content (AvgIpc) is 2.81. The number of hydrogen-bond acceptors (Lipinski definition) is 13. The van der Waals surface area contributed by atoms with Gasteiger partial charge in [0.2, 0.25) is 17.5 Å². The molecular formula is C23H22O13. The smallest absolute Gasteiger partial charge is 0.302 e. The fourth-order valence-corrected chi connectivity index (χ4v) is 3.70. The lowest BCUT2D eigenvalue weighted by Crippen LogP contribution is -2.60. The van der Waals surface area contributed by atoms with E-state index in [2.05, 4.69) is 0 Å². The van der Waals surface area contributed by atoms with Crippen LogP contribution in [0, 0.1) is 0 Å². The Balaban J connectivity index is 1.84. The number of benzene rings is 2. The zero-order valence-electron chi connectivity index (χ0n) is 18.6. The molecule has 2 heterocycles. The molecule has 5 atom stereocenters. The molecule has 0 aliphatic carbocycles. The maximum absolute atomic E-state index is 13.4. The molecule has 0 bridgehead atoms. The van der Waals surface area contributed by atoms with Crippen LogP contribution in [0.3, 0.4) is 0 Å². The minimum Gasteiger partial charge on any atom is -0.508 e. The van der Waals surface area contributed by atoms with Crippen molar-refractivity contribution in [3.05, 3.63) is 40.6 Å². The van der Waals surface area contributed by atoms with Gasteiger partial charge in [-0.05, 0) is 18.2 Å². The normalized spacial score (nSPS) is 23.9. The highest BCUT2D eigenvalue weighted by Gasteiger charge is 2.46. The van der Waals surface area contributed by atoms with Gasteiger partial charge in [0.1, 0.15) is 53.5 Å². The quantitative estimate of drug-likeness (QED) is 0.180. The van der Waals surface area contributed by atoms with Crippen molar-refractivity contribution in [3.8, 4) is 40.1 Å². The first kappa shape index (κ1) is 25.1. The number of rotatable bonds is 5. The summed E-state index contributed by atoms with van der Waals surface area (Å²) in [4.78, 5) is 24.5. The minimum atomic E-state index is -1.89. The maximum Gasteiger partial charge on any atom is 0.302 e. The van der Waals surface area contributed by atoms with E-state index in [1.807, 2.05) is 0 Å². The monoisotopic (exact) mass is 506 g/mol. The van der Waals surface area contributed by atoms with E-state index >= 15 is 0 Å². The Labute approximate surface area is 201 Å². The third-order valence-corrected chi connectivity index (χ3v) is 5.51. The second-order valence-corrected chi connectivity index (χ2v) is 8.07. The predicted octanol–water partition coefficient (Wildman–Crippen LogP) is 0.0319. The van der Waals surface area contributed by atoms with E-state index in [1.165, 1.54) is 6.07 Å². The van der Waals surface area contributed by atoms with E-state index in [0.29, 0.717) is 0 Å². The Morgan fingerprint density at radius 3 is 2.33 bits per heavy atom. The topological polar surface area (TPSA) is 217 Å². The highest BCUT2D eigenvalue weighted by atomic mass is 16.7. The van der Waals surface area contributed by atoms with Crippen molar-refractivity contribution in [1.29, 1.82) is 0 Å². The second-order valence-electron chi connectivity index (χ2n) is 8.07. The van der Waals surface area contributed by atoms with Gasteiger partial charge in [0.15, 0.2) is 17.3 Å². The first-order chi connectivity index (χ1) is 17.0. The lowest BCUT2D eigenvalue weighted by atomic mass is 9.99. The second kappa shape index (κ2) is 9.54. The number of carbonyl (C=O) groups excluding carboxylic acids is 1. The number of fused-ring (bicyclic) bond motifs is 1. The van der Waals surface area contributed by atoms with Crippen molar-refractivity contribution in [3.63, 3.8) is 0 Å². The van der Waals surface area contributed by atoms with Gasteiger partial charge in [-0.15, -0.1) is 0 Å². The summed E-state index contributed by atoms with van der Waals surface area (Å²) >= 11 is 0. The van der Waals surface area contributed by atoms with Crippen molar-refractivity contribution < 1.29 is 59.2 Å². The number of aromatic hydroxyl groups is 4.